The second kappa shape index (κ2) is 5.48. The molecule has 0 aromatic rings. The van der Waals surface area contributed by atoms with E-state index >= 15 is 0 Å². The van der Waals surface area contributed by atoms with E-state index in [1.807, 2.05) is 0 Å². The lowest BCUT2D eigenvalue weighted by Gasteiger charge is -2.43. The third kappa shape index (κ3) is 2.76. The van der Waals surface area contributed by atoms with Gasteiger partial charge in [0.1, 0.15) is 0 Å². The van der Waals surface area contributed by atoms with Crippen LogP contribution in [0.15, 0.2) is 0 Å². The molecule has 2 aliphatic heterocycles. The van der Waals surface area contributed by atoms with E-state index < -0.39 is 0 Å². The SMILES string of the molecule is CNC1CCN(C2CCOC(C)C2)CC1C. The van der Waals surface area contributed by atoms with Crippen LogP contribution in [0.1, 0.15) is 33.1 Å². The van der Waals surface area contributed by atoms with Crippen LogP contribution in [0.25, 0.3) is 0 Å². The summed E-state index contributed by atoms with van der Waals surface area (Å²) in [7, 11) is 2.09. The Morgan fingerprint density at radius 2 is 2.06 bits per heavy atom. The molecule has 2 aliphatic rings. The largest absolute Gasteiger partial charge is 0.378 e. The van der Waals surface area contributed by atoms with Crippen molar-refractivity contribution in [1.82, 2.24) is 10.2 Å². The number of hydrogen-bond acceptors (Lipinski definition) is 3. The zero-order valence-electron chi connectivity index (χ0n) is 10.9. The first-order chi connectivity index (χ1) is 7.70. The number of nitrogens with zero attached hydrogens (tertiary/aromatic N) is 1. The Bertz CT molecular complexity index is 222. The molecule has 0 bridgehead atoms. The summed E-state index contributed by atoms with van der Waals surface area (Å²) in [6.45, 7) is 8.04. The predicted octanol–water partition coefficient (Wildman–Crippen LogP) is 1.48. The van der Waals surface area contributed by atoms with Gasteiger partial charge in [0, 0.05) is 25.2 Å². The van der Waals surface area contributed by atoms with Crippen LogP contribution in [0.3, 0.4) is 0 Å². The Kier molecular flexibility index (Phi) is 4.22. The maximum absolute atomic E-state index is 5.63. The van der Waals surface area contributed by atoms with Crippen molar-refractivity contribution >= 4 is 0 Å². The highest BCUT2D eigenvalue weighted by Gasteiger charge is 2.31. The Balaban J connectivity index is 1.86. The maximum Gasteiger partial charge on any atom is 0.0561 e. The van der Waals surface area contributed by atoms with Crippen molar-refractivity contribution in [3.8, 4) is 0 Å². The van der Waals surface area contributed by atoms with Gasteiger partial charge in [-0.1, -0.05) is 6.92 Å². The van der Waals surface area contributed by atoms with Gasteiger partial charge in [-0.2, -0.15) is 0 Å². The molecular formula is C13H26N2O. The maximum atomic E-state index is 5.63. The predicted molar refractivity (Wildman–Crippen MR) is 66.6 cm³/mol. The van der Waals surface area contributed by atoms with Crippen molar-refractivity contribution in [2.75, 3.05) is 26.7 Å². The normalized spacial score (nSPS) is 42.2. The van der Waals surface area contributed by atoms with Crippen molar-refractivity contribution in [2.45, 2.75) is 51.3 Å². The van der Waals surface area contributed by atoms with Crippen LogP contribution >= 0.6 is 0 Å². The number of ether oxygens (including phenoxy) is 1. The molecular weight excluding hydrogens is 200 g/mol. The van der Waals surface area contributed by atoms with Crippen LogP contribution in [-0.4, -0.2) is 49.8 Å². The average molecular weight is 226 g/mol. The highest BCUT2D eigenvalue weighted by atomic mass is 16.5. The van der Waals surface area contributed by atoms with E-state index in [2.05, 4.69) is 31.1 Å². The van der Waals surface area contributed by atoms with Crippen LogP contribution in [0.5, 0.6) is 0 Å². The van der Waals surface area contributed by atoms with Crippen LogP contribution in [0.2, 0.25) is 0 Å². The Hall–Kier alpha value is -0.120. The van der Waals surface area contributed by atoms with Gasteiger partial charge in [-0.05, 0) is 45.7 Å². The molecule has 0 spiro atoms. The highest BCUT2D eigenvalue weighted by Crippen LogP contribution is 2.25. The van der Waals surface area contributed by atoms with E-state index in [-0.39, 0.29) is 0 Å². The first kappa shape index (κ1) is 12.3. The van der Waals surface area contributed by atoms with E-state index in [1.54, 1.807) is 0 Å². The minimum absolute atomic E-state index is 0.455. The molecule has 0 aromatic carbocycles. The molecule has 94 valence electrons. The summed E-state index contributed by atoms with van der Waals surface area (Å²) in [5, 5.41) is 3.43. The number of hydrogen-bond donors (Lipinski definition) is 1. The fraction of sp³-hybridized carbons (Fsp3) is 1.00. The summed E-state index contributed by atoms with van der Waals surface area (Å²) in [4.78, 5) is 2.69. The van der Waals surface area contributed by atoms with Crippen molar-refractivity contribution in [2.24, 2.45) is 5.92 Å². The smallest absolute Gasteiger partial charge is 0.0561 e. The van der Waals surface area contributed by atoms with Gasteiger partial charge in [-0.3, -0.25) is 4.90 Å². The van der Waals surface area contributed by atoms with Crippen molar-refractivity contribution in [1.29, 1.82) is 0 Å². The average Bonchev–Trinajstić information content (AvgIpc) is 2.29. The summed E-state index contributed by atoms with van der Waals surface area (Å²) in [5.74, 6) is 0.775. The van der Waals surface area contributed by atoms with Gasteiger partial charge in [0.15, 0.2) is 0 Å². The fourth-order valence-electron chi connectivity index (χ4n) is 3.24. The minimum atomic E-state index is 0.455. The molecule has 3 heteroatoms. The third-order valence-corrected chi connectivity index (χ3v) is 4.28. The molecule has 2 fully saturated rings. The van der Waals surface area contributed by atoms with Crippen LogP contribution in [0, 0.1) is 5.92 Å². The summed E-state index contributed by atoms with van der Waals surface area (Å²) in [5.41, 5.74) is 0. The van der Waals surface area contributed by atoms with E-state index in [4.69, 9.17) is 4.74 Å². The lowest BCUT2D eigenvalue weighted by Crippen LogP contribution is -2.52. The van der Waals surface area contributed by atoms with Gasteiger partial charge < -0.3 is 10.1 Å². The first-order valence-electron chi connectivity index (χ1n) is 6.73. The molecule has 0 aromatic heterocycles. The van der Waals surface area contributed by atoms with Gasteiger partial charge in [0.2, 0.25) is 0 Å². The molecule has 4 unspecified atom stereocenters. The first-order valence-corrected chi connectivity index (χ1v) is 6.73. The monoisotopic (exact) mass is 226 g/mol. The van der Waals surface area contributed by atoms with E-state index in [9.17, 15) is 0 Å². The molecule has 3 nitrogen and oxygen atoms in total. The van der Waals surface area contributed by atoms with Crippen molar-refractivity contribution in [3.05, 3.63) is 0 Å². The van der Waals surface area contributed by atoms with Crippen LogP contribution in [-0.2, 0) is 4.74 Å². The van der Waals surface area contributed by atoms with Crippen LogP contribution < -0.4 is 5.32 Å². The zero-order chi connectivity index (χ0) is 11.5. The number of likely N-dealkylation sites (tertiary alicyclic amines) is 1. The second-order valence-corrected chi connectivity index (χ2v) is 5.52. The molecule has 0 saturated carbocycles. The van der Waals surface area contributed by atoms with E-state index in [0.29, 0.717) is 12.1 Å². The topological polar surface area (TPSA) is 24.5 Å². The molecule has 0 amide bonds. The summed E-state index contributed by atoms with van der Waals surface area (Å²) in [6.07, 6.45) is 4.19. The lowest BCUT2D eigenvalue weighted by atomic mass is 9.91. The molecule has 2 saturated heterocycles. The highest BCUT2D eigenvalue weighted by molar-refractivity contribution is 4.87. The molecule has 16 heavy (non-hydrogen) atoms. The molecule has 0 radical (unpaired) electrons. The van der Waals surface area contributed by atoms with Gasteiger partial charge in [0.25, 0.3) is 0 Å². The molecule has 0 aliphatic carbocycles. The minimum Gasteiger partial charge on any atom is -0.378 e. The Labute approximate surface area is 99.5 Å². The summed E-state index contributed by atoms with van der Waals surface area (Å²) < 4.78 is 5.63. The van der Waals surface area contributed by atoms with Gasteiger partial charge in [-0.25, -0.2) is 0 Å². The quantitative estimate of drug-likeness (QED) is 0.772. The van der Waals surface area contributed by atoms with Crippen LogP contribution in [0.4, 0.5) is 0 Å². The Morgan fingerprint density at radius 1 is 1.25 bits per heavy atom. The summed E-state index contributed by atoms with van der Waals surface area (Å²) in [6, 6.07) is 1.48. The third-order valence-electron chi connectivity index (χ3n) is 4.28. The molecule has 2 heterocycles. The van der Waals surface area contributed by atoms with Gasteiger partial charge in [0.05, 0.1) is 6.10 Å². The number of piperidine rings is 1. The fourth-order valence-corrected chi connectivity index (χ4v) is 3.24. The molecule has 4 atom stereocenters. The Morgan fingerprint density at radius 3 is 2.69 bits per heavy atom. The molecule has 1 N–H and O–H groups in total. The second-order valence-electron chi connectivity index (χ2n) is 5.52. The summed E-state index contributed by atoms with van der Waals surface area (Å²) >= 11 is 0. The number of rotatable bonds is 2. The molecule has 2 rings (SSSR count). The van der Waals surface area contributed by atoms with Gasteiger partial charge >= 0.3 is 0 Å². The van der Waals surface area contributed by atoms with E-state index in [0.717, 1.165) is 18.6 Å². The van der Waals surface area contributed by atoms with Crippen molar-refractivity contribution in [3.63, 3.8) is 0 Å². The standard InChI is InChI=1S/C13H26N2O/c1-10-9-15(6-4-13(10)14-3)12-5-7-16-11(2)8-12/h10-14H,4-9H2,1-3H3. The van der Waals surface area contributed by atoms with E-state index in [1.165, 1.54) is 32.4 Å². The van der Waals surface area contributed by atoms with Crippen molar-refractivity contribution < 1.29 is 4.74 Å². The zero-order valence-corrected chi connectivity index (χ0v) is 10.9. The van der Waals surface area contributed by atoms with Gasteiger partial charge in [-0.15, -0.1) is 0 Å². The number of nitrogens with one attached hydrogen (secondary N) is 1. The lowest BCUT2D eigenvalue weighted by molar-refractivity contribution is -0.0285.